The normalized spacial score (nSPS) is 18.7. The summed E-state index contributed by atoms with van der Waals surface area (Å²) in [5.41, 5.74) is -2.96. The predicted octanol–water partition coefficient (Wildman–Crippen LogP) is 7.11. The second-order valence-corrected chi connectivity index (χ2v) is 10.4. The maximum absolute atomic E-state index is 13.3. The van der Waals surface area contributed by atoms with E-state index < -0.39 is 29.0 Å². The van der Waals surface area contributed by atoms with Gasteiger partial charge < -0.3 is 14.3 Å². The number of alkyl halides is 6. The molecule has 0 amide bonds. The van der Waals surface area contributed by atoms with Crippen molar-refractivity contribution < 1.29 is 40.6 Å². The first-order valence-electron chi connectivity index (χ1n) is 12.1. The van der Waals surface area contributed by atoms with Gasteiger partial charge in [0.2, 0.25) is 11.8 Å². The number of aromatic hydroxyl groups is 1. The SMILES string of the molecule is CCc1oc(-c2cc(C(F)(F)F)cc(C(F)(F)F)c2)nc1COC1CCCC(CCc2sc(=O)[nH]c2O)C1. The number of benzene rings is 1. The molecule has 13 heteroatoms. The lowest BCUT2D eigenvalue weighted by atomic mass is 9.84. The Morgan fingerprint density at radius 3 is 2.39 bits per heavy atom. The number of hydrogen-bond acceptors (Lipinski definition) is 6. The molecule has 3 aromatic rings. The van der Waals surface area contributed by atoms with Crippen molar-refractivity contribution in [2.75, 3.05) is 0 Å². The van der Waals surface area contributed by atoms with Gasteiger partial charge in [0.25, 0.3) is 0 Å². The molecule has 2 unspecified atom stereocenters. The van der Waals surface area contributed by atoms with Crippen LogP contribution in [0.2, 0.25) is 0 Å². The van der Waals surface area contributed by atoms with Crippen LogP contribution in [-0.2, 0) is 36.5 Å². The summed E-state index contributed by atoms with van der Waals surface area (Å²) in [6.07, 6.45) is -4.96. The number of hydrogen-bond donors (Lipinski definition) is 2. The molecule has 6 nitrogen and oxygen atoms in total. The van der Waals surface area contributed by atoms with Gasteiger partial charge in [-0.2, -0.15) is 26.3 Å². The Bertz CT molecular complexity index is 1280. The quantitative estimate of drug-likeness (QED) is 0.285. The van der Waals surface area contributed by atoms with Crippen LogP contribution in [0.1, 0.15) is 66.5 Å². The summed E-state index contributed by atoms with van der Waals surface area (Å²) in [5, 5.41) is 9.77. The number of oxazole rings is 1. The maximum Gasteiger partial charge on any atom is 0.416 e. The molecule has 0 aliphatic heterocycles. The van der Waals surface area contributed by atoms with Crippen LogP contribution in [0.3, 0.4) is 0 Å². The van der Waals surface area contributed by atoms with Crippen LogP contribution < -0.4 is 4.87 Å². The summed E-state index contributed by atoms with van der Waals surface area (Å²) in [4.78, 5) is 18.2. The third kappa shape index (κ3) is 6.79. The van der Waals surface area contributed by atoms with Crippen LogP contribution in [0.15, 0.2) is 27.4 Å². The highest BCUT2D eigenvalue weighted by Gasteiger charge is 2.37. The van der Waals surface area contributed by atoms with Crippen LogP contribution in [0.5, 0.6) is 5.88 Å². The standard InChI is InChI=1S/C25H26F6N2O4S/c1-2-19-18(12-36-17-5-3-4-13(8-17)6-7-20-21(34)33-23(35)38-20)32-22(37-19)14-9-15(24(26,27)28)11-16(10-14)25(29,30)31/h9-11,13,17,34H,2-8,12H2,1H3,(H,33,35). The molecule has 0 saturated heterocycles. The lowest BCUT2D eigenvalue weighted by molar-refractivity contribution is -0.143. The summed E-state index contributed by atoms with van der Waals surface area (Å²) in [6.45, 7) is 1.75. The number of aromatic nitrogens is 2. The van der Waals surface area contributed by atoms with Crippen molar-refractivity contribution in [3.63, 3.8) is 0 Å². The Hall–Kier alpha value is -2.80. The van der Waals surface area contributed by atoms with E-state index in [-0.39, 0.29) is 35.4 Å². The molecule has 0 spiro atoms. The van der Waals surface area contributed by atoms with E-state index >= 15 is 0 Å². The largest absolute Gasteiger partial charge is 0.494 e. The third-order valence-electron chi connectivity index (χ3n) is 6.60. The first kappa shape index (κ1) is 28.2. The fourth-order valence-corrected chi connectivity index (χ4v) is 5.42. The predicted molar refractivity (Wildman–Crippen MR) is 127 cm³/mol. The molecule has 1 aromatic carbocycles. The van der Waals surface area contributed by atoms with Crippen molar-refractivity contribution in [2.24, 2.45) is 5.92 Å². The van der Waals surface area contributed by atoms with E-state index in [1.54, 1.807) is 6.92 Å². The van der Waals surface area contributed by atoms with Crippen molar-refractivity contribution in [1.29, 1.82) is 0 Å². The average Bonchev–Trinajstić information content (AvgIpc) is 3.42. The highest BCUT2D eigenvalue weighted by Crippen LogP contribution is 2.39. The monoisotopic (exact) mass is 564 g/mol. The van der Waals surface area contributed by atoms with Crippen LogP contribution in [0.4, 0.5) is 26.3 Å². The highest BCUT2D eigenvalue weighted by molar-refractivity contribution is 7.09. The Balaban J connectivity index is 1.45. The van der Waals surface area contributed by atoms with E-state index in [1.807, 2.05) is 0 Å². The van der Waals surface area contributed by atoms with Gasteiger partial charge in [0.05, 0.1) is 28.7 Å². The van der Waals surface area contributed by atoms with E-state index in [0.717, 1.165) is 43.4 Å². The second kappa shape index (κ2) is 11.1. The van der Waals surface area contributed by atoms with Gasteiger partial charge in [0.1, 0.15) is 11.5 Å². The molecular weight excluding hydrogens is 538 g/mol. The first-order chi connectivity index (χ1) is 17.8. The van der Waals surface area contributed by atoms with Crippen LogP contribution in [-0.4, -0.2) is 21.2 Å². The minimum atomic E-state index is -4.97. The topological polar surface area (TPSA) is 88.4 Å². The minimum Gasteiger partial charge on any atom is -0.494 e. The molecular formula is C25H26F6N2O4S. The van der Waals surface area contributed by atoms with E-state index in [0.29, 0.717) is 47.2 Å². The Morgan fingerprint density at radius 2 is 1.82 bits per heavy atom. The van der Waals surface area contributed by atoms with Gasteiger partial charge in [0, 0.05) is 12.0 Å². The van der Waals surface area contributed by atoms with E-state index in [1.165, 1.54) is 0 Å². The molecule has 2 atom stereocenters. The number of nitrogens with one attached hydrogen (secondary N) is 1. The lowest BCUT2D eigenvalue weighted by Gasteiger charge is -2.29. The fraction of sp³-hybridized carbons (Fsp3) is 0.520. The molecule has 1 fully saturated rings. The number of thiazole rings is 1. The van der Waals surface area contributed by atoms with Crippen LogP contribution >= 0.6 is 11.3 Å². The maximum atomic E-state index is 13.3. The zero-order valence-electron chi connectivity index (χ0n) is 20.3. The Morgan fingerprint density at radius 1 is 1.13 bits per heavy atom. The molecule has 2 aromatic heterocycles. The zero-order chi connectivity index (χ0) is 27.7. The van der Waals surface area contributed by atoms with Crippen molar-refractivity contribution in [1.82, 2.24) is 9.97 Å². The summed E-state index contributed by atoms with van der Waals surface area (Å²) >= 11 is 0.984. The fourth-order valence-electron chi connectivity index (χ4n) is 4.68. The molecule has 1 saturated carbocycles. The molecule has 4 rings (SSSR count). The zero-order valence-corrected chi connectivity index (χ0v) is 21.2. The second-order valence-electron chi connectivity index (χ2n) is 9.33. The van der Waals surface area contributed by atoms with Crippen LogP contribution in [0.25, 0.3) is 11.5 Å². The van der Waals surface area contributed by atoms with Gasteiger partial charge in [-0.1, -0.05) is 31.1 Å². The van der Waals surface area contributed by atoms with Crippen molar-refractivity contribution in [2.45, 2.75) is 76.9 Å². The Labute approximate surface area is 217 Å². The molecule has 1 aliphatic carbocycles. The third-order valence-corrected chi connectivity index (χ3v) is 7.54. The summed E-state index contributed by atoms with van der Waals surface area (Å²) in [6, 6.07) is 1.25. The molecule has 0 bridgehead atoms. The molecule has 1 aliphatic rings. The number of rotatable bonds is 8. The van der Waals surface area contributed by atoms with Crippen LogP contribution in [0, 0.1) is 5.92 Å². The molecule has 0 radical (unpaired) electrons. The molecule has 2 heterocycles. The van der Waals surface area contributed by atoms with Crippen molar-refractivity contribution in [3.8, 4) is 17.3 Å². The van der Waals surface area contributed by atoms with Crippen molar-refractivity contribution in [3.05, 3.63) is 55.3 Å². The number of H-pyrrole nitrogens is 1. The summed E-state index contributed by atoms with van der Waals surface area (Å²) in [5.74, 6) is 0.218. The van der Waals surface area contributed by atoms with E-state index in [4.69, 9.17) is 9.15 Å². The van der Waals surface area contributed by atoms with Gasteiger partial charge in [-0.05, 0) is 49.8 Å². The highest BCUT2D eigenvalue weighted by atomic mass is 32.1. The van der Waals surface area contributed by atoms with E-state index in [9.17, 15) is 36.2 Å². The summed E-state index contributed by atoms with van der Waals surface area (Å²) in [7, 11) is 0. The number of nitrogens with zero attached hydrogens (tertiary/aromatic N) is 1. The number of aromatic amines is 1. The number of aryl methyl sites for hydroxylation is 2. The van der Waals surface area contributed by atoms with E-state index in [2.05, 4.69) is 9.97 Å². The smallest absolute Gasteiger partial charge is 0.416 e. The number of halogens is 6. The number of ether oxygens (including phenoxy) is 1. The first-order valence-corrected chi connectivity index (χ1v) is 13.0. The van der Waals surface area contributed by atoms with Gasteiger partial charge in [-0.3, -0.25) is 9.78 Å². The van der Waals surface area contributed by atoms with Crippen molar-refractivity contribution >= 4 is 11.3 Å². The average molecular weight is 565 g/mol. The van der Waals surface area contributed by atoms with Gasteiger partial charge in [-0.15, -0.1) is 0 Å². The van der Waals surface area contributed by atoms with Gasteiger partial charge in [-0.25, -0.2) is 4.98 Å². The molecule has 38 heavy (non-hydrogen) atoms. The molecule has 208 valence electrons. The lowest BCUT2D eigenvalue weighted by Crippen LogP contribution is -2.23. The molecule has 2 N–H and O–H groups in total. The van der Waals surface area contributed by atoms with Gasteiger partial charge >= 0.3 is 17.2 Å². The minimum absolute atomic E-state index is 0.00929. The summed E-state index contributed by atoms with van der Waals surface area (Å²) < 4.78 is 91.2. The van der Waals surface area contributed by atoms with Gasteiger partial charge in [0.15, 0.2) is 0 Å². The Kier molecular flexibility index (Phi) is 8.26.